The van der Waals surface area contributed by atoms with E-state index in [1.807, 2.05) is 6.07 Å². The van der Waals surface area contributed by atoms with Crippen LogP contribution >= 0.6 is 0 Å². The van der Waals surface area contributed by atoms with Crippen molar-refractivity contribution in [2.75, 3.05) is 33.0 Å². The van der Waals surface area contributed by atoms with Crippen molar-refractivity contribution in [3.05, 3.63) is 23.8 Å². The molecule has 1 aromatic carbocycles. The van der Waals surface area contributed by atoms with Crippen molar-refractivity contribution in [1.82, 2.24) is 10.2 Å². The van der Waals surface area contributed by atoms with Crippen LogP contribution in [0.2, 0.25) is 0 Å². The van der Waals surface area contributed by atoms with Gasteiger partial charge in [0, 0.05) is 19.1 Å². The summed E-state index contributed by atoms with van der Waals surface area (Å²) >= 11 is 0. The first-order valence-corrected chi connectivity index (χ1v) is 8.26. The molecular weight excluding hydrogens is 280 g/mol. The van der Waals surface area contributed by atoms with E-state index in [2.05, 4.69) is 29.3 Å². The van der Waals surface area contributed by atoms with Crippen LogP contribution in [0, 0.1) is 0 Å². The molecule has 0 saturated carbocycles. The van der Waals surface area contributed by atoms with Crippen LogP contribution in [0.4, 0.5) is 0 Å². The predicted molar refractivity (Wildman–Crippen MR) is 85.3 cm³/mol. The minimum Gasteiger partial charge on any atom is -0.454 e. The van der Waals surface area contributed by atoms with Gasteiger partial charge in [-0.05, 0) is 57.0 Å². The zero-order valence-electron chi connectivity index (χ0n) is 13.3. The second-order valence-corrected chi connectivity index (χ2v) is 6.21. The molecule has 2 heterocycles. The third kappa shape index (κ3) is 3.91. The van der Waals surface area contributed by atoms with Gasteiger partial charge >= 0.3 is 0 Å². The van der Waals surface area contributed by atoms with Crippen molar-refractivity contribution < 1.29 is 14.6 Å². The lowest BCUT2D eigenvalue weighted by Crippen LogP contribution is -2.37. The van der Waals surface area contributed by atoms with Crippen molar-refractivity contribution in [2.45, 2.75) is 38.3 Å². The van der Waals surface area contributed by atoms with Crippen LogP contribution < -0.4 is 14.8 Å². The summed E-state index contributed by atoms with van der Waals surface area (Å²) in [6.45, 7) is 6.65. The Balaban J connectivity index is 1.38. The molecule has 1 atom stereocenters. The first-order valence-electron chi connectivity index (χ1n) is 8.26. The fraction of sp³-hybridized carbons (Fsp3) is 0.647. The van der Waals surface area contributed by atoms with E-state index in [0.29, 0.717) is 12.8 Å². The Labute approximate surface area is 132 Å². The largest absolute Gasteiger partial charge is 0.454 e. The average Bonchev–Trinajstić information content (AvgIpc) is 3.00. The van der Waals surface area contributed by atoms with Crippen LogP contribution in [0.3, 0.4) is 0 Å². The Bertz CT molecular complexity index is 487. The number of rotatable bonds is 6. The van der Waals surface area contributed by atoms with Gasteiger partial charge in [-0.3, -0.25) is 0 Å². The Hall–Kier alpha value is -1.30. The van der Waals surface area contributed by atoms with E-state index in [4.69, 9.17) is 9.47 Å². The molecule has 3 rings (SSSR count). The minimum atomic E-state index is -0.0830. The lowest BCUT2D eigenvalue weighted by Gasteiger charge is -2.29. The molecule has 0 aromatic heterocycles. The zero-order chi connectivity index (χ0) is 15.4. The number of nitrogens with zero attached hydrogens (tertiary/aromatic N) is 1. The quantitative estimate of drug-likeness (QED) is 0.786. The van der Waals surface area contributed by atoms with E-state index in [0.717, 1.165) is 56.9 Å². The van der Waals surface area contributed by atoms with E-state index in [9.17, 15) is 5.11 Å². The second kappa shape index (κ2) is 7.31. The number of hydrogen-bond acceptors (Lipinski definition) is 5. The van der Waals surface area contributed by atoms with Gasteiger partial charge in [0.15, 0.2) is 11.5 Å². The summed E-state index contributed by atoms with van der Waals surface area (Å²) in [6, 6.07) is 6.44. The topological polar surface area (TPSA) is 54.0 Å². The minimum absolute atomic E-state index is 0.0830. The Kier molecular flexibility index (Phi) is 5.18. The number of likely N-dealkylation sites (tertiary alicyclic amines) is 1. The third-order valence-corrected chi connectivity index (χ3v) is 4.56. The molecule has 2 N–H and O–H groups in total. The van der Waals surface area contributed by atoms with Gasteiger partial charge in [0.25, 0.3) is 0 Å². The number of hydrogen-bond donors (Lipinski definition) is 2. The molecular formula is C17H26N2O3. The lowest BCUT2D eigenvalue weighted by atomic mass is 10.1. The Morgan fingerprint density at radius 3 is 2.86 bits per heavy atom. The SMILES string of the molecule is CC(NCCCN1CCC(O)CC1)c1ccc2c(c1)OCO2. The summed E-state index contributed by atoms with van der Waals surface area (Å²) in [6.07, 6.45) is 2.88. The van der Waals surface area contributed by atoms with Crippen LogP contribution in [0.15, 0.2) is 18.2 Å². The molecule has 2 aliphatic heterocycles. The molecule has 0 spiro atoms. The number of aliphatic hydroxyl groups is 1. The highest BCUT2D eigenvalue weighted by atomic mass is 16.7. The van der Waals surface area contributed by atoms with Gasteiger partial charge in [-0.2, -0.15) is 0 Å². The average molecular weight is 306 g/mol. The van der Waals surface area contributed by atoms with Gasteiger partial charge in [-0.15, -0.1) is 0 Å². The maximum Gasteiger partial charge on any atom is 0.231 e. The monoisotopic (exact) mass is 306 g/mol. The molecule has 122 valence electrons. The summed E-state index contributed by atoms with van der Waals surface area (Å²) in [7, 11) is 0. The van der Waals surface area contributed by atoms with Gasteiger partial charge in [-0.25, -0.2) is 0 Å². The van der Waals surface area contributed by atoms with Gasteiger partial charge in [0.2, 0.25) is 6.79 Å². The molecule has 1 unspecified atom stereocenters. The van der Waals surface area contributed by atoms with E-state index >= 15 is 0 Å². The molecule has 22 heavy (non-hydrogen) atoms. The Morgan fingerprint density at radius 1 is 1.27 bits per heavy atom. The molecule has 5 nitrogen and oxygen atoms in total. The number of benzene rings is 1. The second-order valence-electron chi connectivity index (χ2n) is 6.21. The fourth-order valence-electron chi connectivity index (χ4n) is 3.06. The van der Waals surface area contributed by atoms with E-state index in [1.54, 1.807) is 0 Å². The third-order valence-electron chi connectivity index (χ3n) is 4.56. The number of nitrogens with one attached hydrogen (secondary N) is 1. The highest BCUT2D eigenvalue weighted by molar-refractivity contribution is 5.45. The van der Waals surface area contributed by atoms with Crippen molar-refractivity contribution >= 4 is 0 Å². The summed E-state index contributed by atoms with van der Waals surface area (Å²) in [5.74, 6) is 1.68. The molecule has 2 aliphatic rings. The van der Waals surface area contributed by atoms with Crippen LogP contribution in [-0.4, -0.2) is 49.1 Å². The molecule has 1 aromatic rings. The molecule has 1 fully saturated rings. The van der Waals surface area contributed by atoms with Gasteiger partial charge in [0.1, 0.15) is 0 Å². The summed E-state index contributed by atoms with van der Waals surface area (Å²) < 4.78 is 10.8. The first-order chi connectivity index (χ1) is 10.7. The van der Waals surface area contributed by atoms with E-state index in [1.165, 1.54) is 5.56 Å². The van der Waals surface area contributed by atoms with Crippen LogP contribution in [0.5, 0.6) is 11.5 Å². The number of ether oxygens (including phenoxy) is 2. The van der Waals surface area contributed by atoms with Crippen LogP contribution in [0.1, 0.15) is 37.8 Å². The predicted octanol–water partition coefficient (Wildman–Crippen LogP) is 1.91. The number of fused-ring (bicyclic) bond motifs is 1. The maximum absolute atomic E-state index is 9.51. The fourth-order valence-corrected chi connectivity index (χ4v) is 3.06. The van der Waals surface area contributed by atoms with Crippen LogP contribution in [0.25, 0.3) is 0 Å². The van der Waals surface area contributed by atoms with E-state index < -0.39 is 0 Å². The molecule has 5 heteroatoms. The zero-order valence-corrected chi connectivity index (χ0v) is 13.3. The van der Waals surface area contributed by atoms with Crippen molar-refractivity contribution in [2.24, 2.45) is 0 Å². The van der Waals surface area contributed by atoms with Gasteiger partial charge < -0.3 is 24.8 Å². The highest BCUT2D eigenvalue weighted by Crippen LogP contribution is 2.34. The Morgan fingerprint density at radius 2 is 2.05 bits per heavy atom. The standard InChI is InChI=1S/C17H26N2O3/c1-13(14-3-4-16-17(11-14)22-12-21-16)18-7-2-8-19-9-5-15(20)6-10-19/h3-4,11,13,15,18,20H,2,5-10,12H2,1H3. The molecule has 0 radical (unpaired) electrons. The summed E-state index contributed by atoms with van der Waals surface area (Å²) in [5.41, 5.74) is 1.23. The molecule has 1 saturated heterocycles. The first kappa shape index (κ1) is 15.6. The van der Waals surface area contributed by atoms with Crippen molar-refractivity contribution in [1.29, 1.82) is 0 Å². The van der Waals surface area contributed by atoms with E-state index in [-0.39, 0.29) is 6.10 Å². The normalized spacial score (nSPS) is 20.3. The van der Waals surface area contributed by atoms with Gasteiger partial charge in [-0.1, -0.05) is 6.07 Å². The van der Waals surface area contributed by atoms with Crippen molar-refractivity contribution in [3.63, 3.8) is 0 Å². The molecule has 0 bridgehead atoms. The van der Waals surface area contributed by atoms with Crippen LogP contribution in [-0.2, 0) is 0 Å². The maximum atomic E-state index is 9.51. The summed E-state index contributed by atoms with van der Waals surface area (Å²) in [4.78, 5) is 2.44. The lowest BCUT2D eigenvalue weighted by molar-refractivity contribution is 0.0820. The summed E-state index contributed by atoms with van der Waals surface area (Å²) in [5, 5.41) is 13.1. The number of piperidine rings is 1. The molecule has 0 amide bonds. The van der Waals surface area contributed by atoms with Crippen molar-refractivity contribution in [3.8, 4) is 11.5 Å². The van der Waals surface area contributed by atoms with Gasteiger partial charge in [0.05, 0.1) is 6.10 Å². The highest BCUT2D eigenvalue weighted by Gasteiger charge is 2.17. The smallest absolute Gasteiger partial charge is 0.231 e. The molecule has 0 aliphatic carbocycles. The number of aliphatic hydroxyl groups excluding tert-OH is 1.